The van der Waals surface area contributed by atoms with Gasteiger partial charge in [0.25, 0.3) is 0 Å². The maximum absolute atomic E-state index is 12.2. The van der Waals surface area contributed by atoms with E-state index in [0.717, 1.165) is 17.3 Å². The molecule has 0 unspecified atom stereocenters. The van der Waals surface area contributed by atoms with E-state index >= 15 is 0 Å². The van der Waals surface area contributed by atoms with Crippen LogP contribution >= 0.6 is 15.9 Å². The molecular formula is C13H13BrO3. The summed E-state index contributed by atoms with van der Waals surface area (Å²) in [5, 5.41) is 0. The Balaban J connectivity index is 2.32. The molecule has 4 heteroatoms. The molecule has 0 saturated heterocycles. The van der Waals surface area contributed by atoms with Crippen molar-refractivity contribution in [3.8, 4) is 5.75 Å². The number of ether oxygens (including phenoxy) is 2. The van der Waals surface area contributed by atoms with Crippen LogP contribution in [0.1, 0.15) is 23.2 Å². The van der Waals surface area contributed by atoms with Gasteiger partial charge >= 0.3 is 0 Å². The van der Waals surface area contributed by atoms with Gasteiger partial charge in [0.15, 0.2) is 5.76 Å². The molecule has 0 atom stereocenters. The Hall–Kier alpha value is -1.29. The Morgan fingerprint density at radius 2 is 2.29 bits per heavy atom. The van der Waals surface area contributed by atoms with Crippen LogP contribution in [-0.4, -0.2) is 19.5 Å². The third kappa shape index (κ3) is 2.69. The van der Waals surface area contributed by atoms with Crippen LogP contribution in [0.3, 0.4) is 0 Å². The van der Waals surface area contributed by atoms with Gasteiger partial charge in [-0.3, -0.25) is 4.79 Å². The van der Waals surface area contributed by atoms with Crippen molar-refractivity contribution >= 4 is 21.7 Å². The van der Waals surface area contributed by atoms with Crippen molar-refractivity contribution in [2.24, 2.45) is 0 Å². The SMILES string of the molecule is COc1ccc(Br)c(C(=O)C2=CCCCO2)c1. The summed E-state index contributed by atoms with van der Waals surface area (Å²) in [5.74, 6) is 0.994. The van der Waals surface area contributed by atoms with Crippen molar-refractivity contribution in [3.63, 3.8) is 0 Å². The van der Waals surface area contributed by atoms with Gasteiger partial charge in [0.1, 0.15) is 5.75 Å². The predicted octanol–water partition coefficient (Wildman–Crippen LogP) is 3.33. The number of methoxy groups -OCH3 is 1. The van der Waals surface area contributed by atoms with E-state index in [9.17, 15) is 4.79 Å². The van der Waals surface area contributed by atoms with Gasteiger partial charge < -0.3 is 9.47 Å². The summed E-state index contributed by atoms with van der Waals surface area (Å²) >= 11 is 3.37. The monoisotopic (exact) mass is 296 g/mol. The van der Waals surface area contributed by atoms with Crippen molar-refractivity contribution in [2.75, 3.05) is 13.7 Å². The Morgan fingerprint density at radius 1 is 1.47 bits per heavy atom. The van der Waals surface area contributed by atoms with E-state index < -0.39 is 0 Å². The number of benzene rings is 1. The van der Waals surface area contributed by atoms with E-state index in [1.807, 2.05) is 6.08 Å². The number of halogens is 1. The highest BCUT2D eigenvalue weighted by molar-refractivity contribution is 9.10. The molecule has 17 heavy (non-hydrogen) atoms. The van der Waals surface area contributed by atoms with Crippen LogP contribution in [0, 0.1) is 0 Å². The van der Waals surface area contributed by atoms with E-state index in [4.69, 9.17) is 9.47 Å². The summed E-state index contributed by atoms with van der Waals surface area (Å²) in [7, 11) is 1.58. The van der Waals surface area contributed by atoms with Gasteiger partial charge in [-0.05, 0) is 37.1 Å². The second-order valence-electron chi connectivity index (χ2n) is 3.73. The minimum absolute atomic E-state index is 0.101. The normalized spacial score (nSPS) is 14.8. The molecule has 0 bridgehead atoms. The second-order valence-corrected chi connectivity index (χ2v) is 4.59. The largest absolute Gasteiger partial charge is 0.497 e. The van der Waals surface area contributed by atoms with Crippen LogP contribution in [-0.2, 0) is 4.74 Å². The van der Waals surface area contributed by atoms with Crippen LogP contribution in [0.15, 0.2) is 34.5 Å². The zero-order valence-corrected chi connectivity index (χ0v) is 11.1. The van der Waals surface area contributed by atoms with Gasteiger partial charge in [0.2, 0.25) is 5.78 Å². The quantitative estimate of drug-likeness (QED) is 0.803. The topological polar surface area (TPSA) is 35.5 Å². The van der Waals surface area contributed by atoms with Crippen molar-refractivity contribution in [1.29, 1.82) is 0 Å². The lowest BCUT2D eigenvalue weighted by Gasteiger charge is -2.14. The third-order valence-corrected chi connectivity index (χ3v) is 3.27. The van der Waals surface area contributed by atoms with Gasteiger partial charge in [0.05, 0.1) is 13.7 Å². The molecule has 3 nitrogen and oxygen atoms in total. The zero-order chi connectivity index (χ0) is 12.3. The molecule has 1 aliphatic heterocycles. The molecule has 1 heterocycles. The van der Waals surface area contributed by atoms with Crippen molar-refractivity contribution < 1.29 is 14.3 Å². The highest BCUT2D eigenvalue weighted by Gasteiger charge is 2.19. The third-order valence-electron chi connectivity index (χ3n) is 2.58. The van der Waals surface area contributed by atoms with E-state index in [-0.39, 0.29) is 5.78 Å². The lowest BCUT2D eigenvalue weighted by Crippen LogP contribution is -2.12. The lowest BCUT2D eigenvalue weighted by atomic mass is 10.1. The fourth-order valence-electron chi connectivity index (χ4n) is 1.65. The number of carbonyl (C=O) groups is 1. The van der Waals surface area contributed by atoms with Crippen LogP contribution in [0.4, 0.5) is 0 Å². The molecule has 0 fully saturated rings. The Morgan fingerprint density at radius 3 is 2.94 bits per heavy atom. The maximum atomic E-state index is 12.2. The van der Waals surface area contributed by atoms with Gasteiger partial charge in [0, 0.05) is 10.0 Å². The minimum Gasteiger partial charge on any atom is -0.497 e. The molecule has 0 aromatic heterocycles. The highest BCUT2D eigenvalue weighted by Crippen LogP contribution is 2.26. The molecular weight excluding hydrogens is 284 g/mol. The molecule has 1 aromatic rings. The van der Waals surface area contributed by atoms with Crippen LogP contribution in [0.5, 0.6) is 5.75 Å². The van der Waals surface area contributed by atoms with E-state index in [2.05, 4.69) is 15.9 Å². The van der Waals surface area contributed by atoms with E-state index in [1.54, 1.807) is 25.3 Å². The summed E-state index contributed by atoms with van der Waals surface area (Å²) in [5.41, 5.74) is 0.567. The standard InChI is InChI=1S/C13H13BrO3/c1-16-9-5-6-11(14)10(8-9)13(15)12-4-2-3-7-17-12/h4-6,8H,2-3,7H2,1H3. The number of hydrogen-bond acceptors (Lipinski definition) is 3. The van der Waals surface area contributed by atoms with Gasteiger partial charge in [-0.25, -0.2) is 0 Å². The van der Waals surface area contributed by atoms with Crippen LogP contribution in [0.2, 0.25) is 0 Å². The molecule has 1 aromatic carbocycles. The predicted molar refractivity (Wildman–Crippen MR) is 68.3 cm³/mol. The summed E-state index contributed by atoms with van der Waals surface area (Å²) in [6.45, 7) is 0.610. The first-order valence-corrected chi connectivity index (χ1v) is 6.23. The fraction of sp³-hybridized carbons (Fsp3) is 0.308. The molecule has 0 aliphatic carbocycles. The Bertz CT molecular complexity index is 466. The van der Waals surface area contributed by atoms with Gasteiger partial charge in [-0.2, -0.15) is 0 Å². The molecule has 90 valence electrons. The van der Waals surface area contributed by atoms with E-state index in [1.165, 1.54) is 0 Å². The molecule has 1 aliphatic rings. The molecule has 0 spiro atoms. The highest BCUT2D eigenvalue weighted by atomic mass is 79.9. The Kier molecular flexibility index (Phi) is 3.84. The van der Waals surface area contributed by atoms with E-state index in [0.29, 0.717) is 23.7 Å². The number of Topliss-reactive ketones (excluding diaryl/α,β-unsaturated/α-hetero) is 1. The number of hydrogen-bond donors (Lipinski definition) is 0. The molecule has 2 rings (SSSR count). The van der Waals surface area contributed by atoms with Gasteiger partial charge in [-0.1, -0.05) is 15.9 Å². The molecule has 0 amide bonds. The Labute approximate surface area is 109 Å². The molecule has 0 N–H and O–H groups in total. The first-order valence-electron chi connectivity index (χ1n) is 5.43. The molecule has 0 radical (unpaired) electrons. The number of carbonyl (C=O) groups excluding carboxylic acids is 1. The number of allylic oxidation sites excluding steroid dienone is 2. The maximum Gasteiger partial charge on any atom is 0.228 e. The van der Waals surface area contributed by atoms with Crippen LogP contribution < -0.4 is 4.74 Å². The summed E-state index contributed by atoms with van der Waals surface area (Å²) in [6.07, 6.45) is 3.70. The molecule has 0 saturated carbocycles. The fourth-order valence-corrected chi connectivity index (χ4v) is 2.08. The first kappa shape index (κ1) is 12.2. The number of rotatable bonds is 3. The zero-order valence-electron chi connectivity index (χ0n) is 9.53. The minimum atomic E-state index is -0.101. The van der Waals surface area contributed by atoms with Crippen molar-refractivity contribution in [3.05, 3.63) is 40.1 Å². The second kappa shape index (κ2) is 5.36. The summed E-state index contributed by atoms with van der Waals surface area (Å²) < 4.78 is 11.2. The number of ketones is 1. The smallest absolute Gasteiger partial charge is 0.228 e. The van der Waals surface area contributed by atoms with Crippen molar-refractivity contribution in [2.45, 2.75) is 12.8 Å². The lowest BCUT2D eigenvalue weighted by molar-refractivity contribution is 0.0898. The average Bonchev–Trinajstić information content (AvgIpc) is 2.39. The first-order chi connectivity index (χ1) is 8.22. The summed E-state index contributed by atoms with van der Waals surface area (Å²) in [4.78, 5) is 12.2. The van der Waals surface area contributed by atoms with Crippen molar-refractivity contribution in [1.82, 2.24) is 0 Å². The average molecular weight is 297 g/mol. The summed E-state index contributed by atoms with van der Waals surface area (Å²) in [6, 6.07) is 5.32. The van der Waals surface area contributed by atoms with Crippen LogP contribution in [0.25, 0.3) is 0 Å². The van der Waals surface area contributed by atoms with Gasteiger partial charge in [-0.15, -0.1) is 0 Å².